The third-order valence-electron chi connectivity index (χ3n) is 3.28. The first-order chi connectivity index (χ1) is 9.54. The molecule has 0 bridgehead atoms. The molecule has 1 atom stereocenters. The monoisotopic (exact) mass is 338 g/mol. The number of para-hydroxylation sites is 2. The Morgan fingerprint density at radius 1 is 1.10 bits per heavy atom. The van der Waals surface area contributed by atoms with Crippen LogP contribution in [0, 0.1) is 0 Å². The minimum atomic E-state index is -5.44. The van der Waals surface area contributed by atoms with Crippen molar-refractivity contribution >= 4 is 26.6 Å². The van der Waals surface area contributed by atoms with E-state index >= 15 is 0 Å². The molecule has 118 valence electrons. The number of hydrogen-bond donors (Lipinski definition) is 7. The zero-order valence-electron chi connectivity index (χ0n) is 10.7. The highest BCUT2D eigenvalue weighted by Crippen LogP contribution is 2.69. The van der Waals surface area contributed by atoms with Crippen LogP contribution in [0.2, 0.25) is 0 Å². The number of fused-ring (bicyclic) bond motifs is 1. The molecule has 1 heterocycles. The van der Waals surface area contributed by atoms with Crippen molar-refractivity contribution in [2.24, 2.45) is 0 Å². The number of nitrogens with one attached hydrogen (secondary N) is 2. The van der Waals surface area contributed by atoms with Gasteiger partial charge in [-0.25, -0.2) is 0 Å². The lowest BCUT2D eigenvalue weighted by atomic mass is 10.1. The van der Waals surface area contributed by atoms with E-state index in [0.717, 1.165) is 5.69 Å². The van der Waals surface area contributed by atoms with Crippen molar-refractivity contribution < 1.29 is 33.8 Å². The molecule has 1 aliphatic rings. The van der Waals surface area contributed by atoms with Crippen LogP contribution < -0.4 is 10.6 Å². The van der Waals surface area contributed by atoms with Gasteiger partial charge in [-0.3, -0.25) is 9.13 Å². The topological polar surface area (TPSA) is 159 Å². The number of benzene rings is 1. The van der Waals surface area contributed by atoms with Gasteiger partial charge in [0.25, 0.3) is 5.08 Å². The van der Waals surface area contributed by atoms with Gasteiger partial charge in [0.2, 0.25) is 0 Å². The molecule has 1 aliphatic heterocycles. The lowest BCUT2D eigenvalue weighted by Gasteiger charge is -2.35. The molecule has 0 radical (unpaired) electrons. The molecule has 0 fully saturated rings. The first-order valence-corrected chi connectivity index (χ1v) is 9.20. The number of rotatable bonds is 4. The fourth-order valence-electron chi connectivity index (χ4n) is 2.13. The normalized spacial score (nSPS) is 19.4. The highest BCUT2D eigenvalue weighted by Gasteiger charge is 2.60. The second kappa shape index (κ2) is 5.37. The smallest absolute Gasteiger partial charge is 0.369 e. The Labute approximate surface area is 120 Å². The summed E-state index contributed by atoms with van der Waals surface area (Å²) in [6, 6.07) is 6.23. The van der Waals surface area contributed by atoms with E-state index in [9.17, 15) is 14.2 Å². The van der Waals surface area contributed by atoms with E-state index in [2.05, 4.69) is 10.6 Å². The maximum Gasteiger partial charge on any atom is 0.369 e. The van der Waals surface area contributed by atoms with Gasteiger partial charge in [0.1, 0.15) is 0 Å². The molecule has 0 spiro atoms. The van der Waals surface area contributed by atoms with E-state index < -0.39 is 32.7 Å². The fraction of sp³-hybridized carbons (Fsp3) is 0.400. The molecule has 0 aliphatic carbocycles. The molecule has 1 aromatic rings. The SMILES string of the molecule is O=P(O)(O)C(O)(CC1CNc2ccccc2N1)P(=O)(O)O. The Morgan fingerprint density at radius 3 is 2.14 bits per heavy atom. The number of anilines is 2. The standard InChI is InChI=1S/C10H16N2O7P2/c13-10(20(14,15)16,21(17,18)19)5-7-6-11-8-3-1-2-4-9(8)12-7/h1-4,7,11-13H,5-6H2,(H2,14,15,16)(H2,17,18,19). The summed E-state index contributed by atoms with van der Waals surface area (Å²) in [4.78, 5) is 36.5. The molecule has 1 aromatic carbocycles. The zero-order valence-corrected chi connectivity index (χ0v) is 12.5. The molecule has 7 N–H and O–H groups in total. The van der Waals surface area contributed by atoms with Crippen LogP contribution in [-0.2, 0) is 9.13 Å². The largest absolute Gasteiger partial charge is 0.381 e. The maximum atomic E-state index is 11.3. The van der Waals surface area contributed by atoms with E-state index in [1.807, 2.05) is 0 Å². The average Bonchev–Trinajstić information content (AvgIpc) is 2.36. The summed E-state index contributed by atoms with van der Waals surface area (Å²) in [5.74, 6) is 0. The first kappa shape index (κ1) is 16.5. The second-order valence-electron chi connectivity index (χ2n) is 4.83. The highest BCUT2D eigenvalue weighted by atomic mass is 31.2. The quantitative estimate of drug-likeness (QED) is 0.383. The molecule has 0 saturated carbocycles. The minimum absolute atomic E-state index is 0.152. The van der Waals surface area contributed by atoms with Gasteiger partial charge in [-0.2, -0.15) is 0 Å². The van der Waals surface area contributed by atoms with Crippen LogP contribution >= 0.6 is 15.2 Å². The van der Waals surface area contributed by atoms with Crippen LogP contribution in [0.25, 0.3) is 0 Å². The Kier molecular flexibility index (Phi) is 4.21. The predicted octanol–water partition coefficient (Wildman–Crippen LogP) is 0.284. The number of hydrogen-bond acceptors (Lipinski definition) is 5. The molecular formula is C10H16N2O7P2. The van der Waals surface area contributed by atoms with Crippen LogP contribution in [0.4, 0.5) is 11.4 Å². The predicted molar refractivity (Wildman–Crippen MR) is 76.0 cm³/mol. The van der Waals surface area contributed by atoms with Crippen LogP contribution in [0.1, 0.15) is 6.42 Å². The lowest BCUT2D eigenvalue weighted by Crippen LogP contribution is -2.41. The van der Waals surface area contributed by atoms with Gasteiger partial charge in [-0.05, 0) is 12.1 Å². The average molecular weight is 338 g/mol. The molecule has 11 heteroatoms. The van der Waals surface area contributed by atoms with Crippen molar-refractivity contribution in [3.63, 3.8) is 0 Å². The van der Waals surface area contributed by atoms with Crippen molar-refractivity contribution in [3.05, 3.63) is 24.3 Å². The summed E-state index contributed by atoms with van der Waals surface area (Å²) in [7, 11) is -10.9. The lowest BCUT2D eigenvalue weighted by molar-refractivity contribution is 0.119. The van der Waals surface area contributed by atoms with Gasteiger partial charge >= 0.3 is 15.2 Å². The summed E-state index contributed by atoms with van der Waals surface area (Å²) < 4.78 is 22.6. The maximum absolute atomic E-state index is 11.3. The van der Waals surface area contributed by atoms with Gasteiger partial charge in [0, 0.05) is 19.0 Å². The molecule has 0 saturated heterocycles. The third-order valence-corrected chi connectivity index (χ3v) is 7.07. The summed E-state index contributed by atoms with van der Waals surface area (Å²) in [5, 5.41) is 12.3. The van der Waals surface area contributed by atoms with Crippen molar-refractivity contribution in [2.75, 3.05) is 17.2 Å². The van der Waals surface area contributed by atoms with Crippen molar-refractivity contribution in [1.82, 2.24) is 0 Å². The van der Waals surface area contributed by atoms with Crippen LogP contribution in [0.3, 0.4) is 0 Å². The van der Waals surface area contributed by atoms with E-state index in [4.69, 9.17) is 19.6 Å². The summed E-state index contributed by atoms with van der Waals surface area (Å²) in [6.45, 7) is 0.152. The number of aliphatic hydroxyl groups is 1. The van der Waals surface area contributed by atoms with Gasteiger partial charge in [0.15, 0.2) is 0 Å². The molecule has 1 unspecified atom stereocenters. The first-order valence-electron chi connectivity index (χ1n) is 5.98. The van der Waals surface area contributed by atoms with E-state index in [-0.39, 0.29) is 6.54 Å². The van der Waals surface area contributed by atoms with Gasteiger partial charge < -0.3 is 35.3 Å². The summed E-state index contributed by atoms with van der Waals surface area (Å²) in [5.41, 5.74) is 1.37. The fourth-order valence-corrected chi connectivity index (χ4v) is 4.40. The van der Waals surface area contributed by atoms with Crippen LogP contribution in [0.15, 0.2) is 24.3 Å². The Hall–Kier alpha value is -0.920. The van der Waals surface area contributed by atoms with E-state index in [0.29, 0.717) is 5.69 Å². The Bertz CT molecular complexity index is 604. The molecule has 2 rings (SSSR count). The molecular weight excluding hydrogens is 322 g/mol. The Morgan fingerprint density at radius 2 is 1.62 bits per heavy atom. The van der Waals surface area contributed by atoms with Crippen LogP contribution in [-0.4, -0.2) is 42.3 Å². The summed E-state index contributed by atoms with van der Waals surface area (Å²) in [6.07, 6.45) is -0.803. The van der Waals surface area contributed by atoms with E-state index in [1.54, 1.807) is 24.3 Å². The Balaban J connectivity index is 2.25. The summed E-state index contributed by atoms with van der Waals surface area (Å²) >= 11 is 0. The highest BCUT2D eigenvalue weighted by molar-refractivity contribution is 7.72. The van der Waals surface area contributed by atoms with Crippen LogP contribution in [0.5, 0.6) is 0 Å². The van der Waals surface area contributed by atoms with Crippen molar-refractivity contribution in [2.45, 2.75) is 17.5 Å². The molecule has 0 aromatic heterocycles. The molecule has 0 amide bonds. The van der Waals surface area contributed by atoms with Gasteiger partial charge in [0.05, 0.1) is 11.4 Å². The minimum Gasteiger partial charge on any atom is -0.381 e. The van der Waals surface area contributed by atoms with Gasteiger partial charge in [-0.15, -0.1) is 0 Å². The second-order valence-corrected chi connectivity index (χ2v) is 8.84. The third kappa shape index (κ3) is 3.14. The molecule has 21 heavy (non-hydrogen) atoms. The van der Waals surface area contributed by atoms with Crippen molar-refractivity contribution in [1.29, 1.82) is 0 Å². The van der Waals surface area contributed by atoms with E-state index in [1.165, 1.54) is 0 Å². The zero-order chi connectivity index (χ0) is 15.9. The van der Waals surface area contributed by atoms with Crippen molar-refractivity contribution in [3.8, 4) is 0 Å². The van der Waals surface area contributed by atoms with Gasteiger partial charge in [-0.1, -0.05) is 12.1 Å². The molecule has 9 nitrogen and oxygen atoms in total.